The highest BCUT2D eigenvalue weighted by molar-refractivity contribution is 9.10. The first-order valence-electron chi connectivity index (χ1n) is 4.38. The van der Waals surface area contributed by atoms with Crippen LogP contribution < -0.4 is 10.1 Å². The van der Waals surface area contributed by atoms with Crippen LogP contribution in [0.5, 0.6) is 5.75 Å². The quantitative estimate of drug-likeness (QED) is 0.814. The maximum absolute atomic E-state index is 5.24. The van der Waals surface area contributed by atoms with E-state index in [1.165, 1.54) is 11.1 Å². The molecule has 0 aromatic heterocycles. The largest absolute Gasteiger partial charge is 0.496 e. The van der Waals surface area contributed by atoms with Crippen molar-refractivity contribution in [1.29, 1.82) is 0 Å². The molecule has 2 rings (SSSR count). The summed E-state index contributed by atoms with van der Waals surface area (Å²) in [6, 6.07) is 4.17. The molecule has 1 aromatic rings. The van der Waals surface area contributed by atoms with Gasteiger partial charge in [-0.2, -0.15) is 0 Å². The van der Waals surface area contributed by atoms with Gasteiger partial charge in [-0.1, -0.05) is 6.07 Å². The monoisotopic (exact) mass is 241 g/mol. The van der Waals surface area contributed by atoms with Crippen molar-refractivity contribution in [2.75, 3.05) is 13.7 Å². The first kappa shape index (κ1) is 9.03. The minimum atomic E-state index is 0.919. The SMILES string of the molecule is COc1ccc2c(c1Br)CNCC2. The molecular weight excluding hydrogens is 230 g/mol. The zero-order chi connectivity index (χ0) is 9.26. The zero-order valence-corrected chi connectivity index (χ0v) is 9.15. The van der Waals surface area contributed by atoms with Crippen molar-refractivity contribution in [2.24, 2.45) is 0 Å². The van der Waals surface area contributed by atoms with E-state index in [1.54, 1.807) is 7.11 Å². The van der Waals surface area contributed by atoms with E-state index in [0.717, 1.165) is 29.7 Å². The van der Waals surface area contributed by atoms with Crippen molar-refractivity contribution in [2.45, 2.75) is 13.0 Å². The van der Waals surface area contributed by atoms with E-state index in [2.05, 4.69) is 27.3 Å². The van der Waals surface area contributed by atoms with Crippen LogP contribution in [0.4, 0.5) is 0 Å². The first-order chi connectivity index (χ1) is 6.33. The zero-order valence-electron chi connectivity index (χ0n) is 7.56. The van der Waals surface area contributed by atoms with E-state index in [0.29, 0.717) is 0 Å². The fourth-order valence-corrected chi connectivity index (χ4v) is 2.35. The summed E-state index contributed by atoms with van der Waals surface area (Å²) in [5, 5.41) is 3.35. The van der Waals surface area contributed by atoms with Gasteiger partial charge in [-0.05, 0) is 46.1 Å². The lowest BCUT2D eigenvalue weighted by Gasteiger charge is -2.19. The van der Waals surface area contributed by atoms with E-state index >= 15 is 0 Å². The summed E-state index contributed by atoms with van der Waals surface area (Å²) in [5.74, 6) is 0.919. The normalized spacial score (nSPS) is 15.2. The van der Waals surface area contributed by atoms with Gasteiger partial charge in [0.1, 0.15) is 5.75 Å². The molecule has 0 spiro atoms. The molecule has 0 saturated heterocycles. The highest BCUT2D eigenvalue weighted by atomic mass is 79.9. The molecule has 0 radical (unpaired) electrons. The van der Waals surface area contributed by atoms with Crippen molar-refractivity contribution < 1.29 is 4.74 Å². The van der Waals surface area contributed by atoms with Gasteiger partial charge >= 0.3 is 0 Å². The van der Waals surface area contributed by atoms with Gasteiger partial charge in [0.25, 0.3) is 0 Å². The van der Waals surface area contributed by atoms with Crippen molar-refractivity contribution in [3.05, 3.63) is 27.7 Å². The molecule has 3 heteroatoms. The Morgan fingerprint density at radius 3 is 3.08 bits per heavy atom. The highest BCUT2D eigenvalue weighted by Gasteiger charge is 2.14. The summed E-state index contributed by atoms with van der Waals surface area (Å²) >= 11 is 3.56. The van der Waals surface area contributed by atoms with Gasteiger partial charge in [-0.25, -0.2) is 0 Å². The molecule has 0 aliphatic carbocycles. The Morgan fingerprint density at radius 1 is 1.46 bits per heavy atom. The van der Waals surface area contributed by atoms with Crippen LogP contribution in [0.1, 0.15) is 11.1 Å². The molecule has 2 nitrogen and oxygen atoms in total. The van der Waals surface area contributed by atoms with Crippen LogP contribution in [0.2, 0.25) is 0 Å². The Kier molecular flexibility index (Phi) is 2.56. The molecule has 1 N–H and O–H groups in total. The van der Waals surface area contributed by atoms with Gasteiger partial charge < -0.3 is 10.1 Å². The van der Waals surface area contributed by atoms with E-state index < -0.39 is 0 Å². The van der Waals surface area contributed by atoms with Crippen LogP contribution in [0, 0.1) is 0 Å². The average molecular weight is 242 g/mol. The summed E-state index contributed by atoms with van der Waals surface area (Å²) in [4.78, 5) is 0. The van der Waals surface area contributed by atoms with Crippen LogP contribution in [0.15, 0.2) is 16.6 Å². The van der Waals surface area contributed by atoms with Crippen molar-refractivity contribution >= 4 is 15.9 Å². The predicted molar refractivity (Wildman–Crippen MR) is 56.1 cm³/mol. The van der Waals surface area contributed by atoms with Crippen LogP contribution in [0.3, 0.4) is 0 Å². The van der Waals surface area contributed by atoms with E-state index in [9.17, 15) is 0 Å². The van der Waals surface area contributed by atoms with E-state index in [-0.39, 0.29) is 0 Å². The van der Waals surface area contributed by atoms with Gasteiger partial charge in [0.2, 0.25) is 0 Å². The highest BCUT2D eigenvalue weighted by Crippen LogP contribution is 2.32. The van der Waals surface area contributed by atoms with Gasteiger partial charge in [0.05, 0.1) is 11.6 Å². The molecule has 0 fully saturated rings. The Labute approximate surface area is 86.4 Å². The summed E-state index contributed by atoms with van der Waals surface area (Å²) in [5.41, 5.74) is 2.76. The summed E-state index contributed by atoms with van der Waals surface area (Å²) in [6.45, 7) is 2.01. The summed E-state index contributed by atoms with van der Waals surface area (Å²) in [6.07, 6.45) is 1.11. The minimum Gasteiger partial charge on any atom is -0.496 e. The standard InChI is InChI=1S/C10H12BrNO/c1-13-9-3-2-7-4-5-12-6-8(7)10(9)11/h2-3,12H,4-6H2,1H3. The predicted octanol–water partition coefficient (Wildman–Crippen LogP) is 2.10. The van der Waals surface area contributed by atoms with Crippen molar-refractivity contribution in [1.82, 2.24) is 5.32 Å². The van der Waals surface area contributed by atoms with Gasteiger partial charge in [-0.15, -0.1) is 0 Å². The van der Waals surface area contributed by atoms with Gasteiger partial charge in [0.15, 0.2) is 0 Å². The molecule has 0 unspecified atom stereocenters. The Balaban J connectivity index is 2.48. The average Bonchev–Trinajstić information content (AvgIpc) is 2.19. The number of hydrogen-bond acceptors (Lipinski definition) is 2. The molecule has 1 aliphatic heterocycles. The number of benzene rings is 1. The van der Waals surface area contributed by atoms with E-state index in [1.807, 2.05) is 6.07 Å². The summed E-state index contributed by atoms with van der Waals surface area (Å²) in [7, 11) is 1.70. The lowest BCUT2D eigenvalue weighted by molar-refractivity contribution is 0.410. The molecule has 0 atom stereocenters. The maximum atomic E-state index is 5.24. The molecule has 0 saturated carbocycles. The van der Waals surface area contributed by atoms with Gasteiger partial charge in [0, 0.05) is 6.54 Å². The second kappa shape index (κ2) is 3.68. The number of halogens is 1. The third kappa shape index (κ3) is 1.58. The van der Waals surface area contributed by atoms with Crippen LogP contribution >= 0.6 is 15.9 Å². The smallest absolute Gasteiger partial charge is 0.133 e. The minimum absolute atomic E-state index is 0.919. The van der Waals surface area contributed by atoms with Crippen molar-refractivity contribution in [3.63, 3.8) is 0 Å². The molecule has 0 amide bonds. The van der Waals surface area contributed by atoms with Crippen LogP contribution in [-0.2, 0) is 13.0 Å². The fourth-order valence-electron chi connectivity index (χ4n) is 1.66. The molecule has 13 heavy (non-hydrogen) atoms. The maximum Gasteiger partial charge on any atom is 0.133 e. The Morgan fingerprint density at radius 2 is 2.31 bits per heavy atom. The van der Waals surface area contributed by atoms with E-state index in [4.69, 9.17) is 4.74 Å². The number of ether oxygens (including phenoxy) is 1. The molecule has 1 aromatic carbocycles. The third-order valence-corrected chi connectivity index (χ3v) is 3.27. The summed E-state index contributed by atoms with van der Waals surface area (Å²) < 4.78 is 6.33. The Bertz CT molecular complexity index is 325. The lowest BCUT2D eigenvalue weighted by atomic mass is 10.0. The van der Waals surface area contributed by atoms with Crippen LogP contribution in [-0.4, -0.2) is 13.7 Å². The second-order valence-corrected chi connectivity index (χ2v) is 3.94. The molecule has 70 valence electrons. The number of methoxy groups -OCH3 is 1. The fraction of sp³-hybridized carbons (Fsp3) is 0.400. The molecule has 0 bridgehead atoms. The lowest BCUT2D eigenvalue weighted by Crippen LogP contribution is -2.23. The van der Waals surface area contributed by atoms with Crippen molar-refractivity contribution in [3.8, 4) is 5.75 Å². The number of hydrogen-bond donors (Lipinski definition) is 1. The Hall–Kier alpha value is -0.540. The second-order valence-electron chi connectivity index (χ2n) is 3.15. The third-order valence-electron chi connectivity index (χ3n) is 2.40. The van der Waals surface area contributed by atoms with Crippen LogP contribution in [0.25, 0.3) is 0 Å². The number of fused-ring (bicyclic) bond motifs is 1. The topological polar surface area (TPSA) is 21.3 Å². The first-order valence-corrected chi connectivity index (χ1v) is 5.17. The molecule has 1 heterocycles. The molecular formula is C10H12BrNO. The number of nitrogens with one attached hydrogen (secondary N) is 1. The van der Waals surface area contributed by atoms with Gasteiger partial charge in [-0.3, -0.25) is 0 Å². The number of rotatable bonds is 1. The molecule has 1 aliphatic rings.